The molecular weight excluding hydrogens is 297 g/mol. The summed E-state index contributed by atoms with van der Waals surface area (Å²) in [7, 11) is 1.46. The van der Waals surface area contributed by atoms with Gasteiger partial charge >= 0.3 is 6.18 Å². The molecular formula is C15H13F3N2O2. The largest absolute Gasteiger partial charge is 0.495 e. The third-order valence-corrected chi connectivity index (χ3v) is 2.92. The van der Waals surface area contributed by atoms with Crippen LogP contribution in [0, 0.1) is 6.92 Å². The van der Waals surface area contributed by atoms with E-state index < -0.39 is 17.8 Å². The number of methoxy groups -OCH3 is 1. The molecule has 0 aliphatic rings. The molecule has 0 saturated heterocycles. The number of carbonyl (C=O) groups is 1. The molecule has 116 valence electrons. The molecule has 0 saturated carbocycles. The predicted molar refractivity (Wildman–Crippen MR) is 74.9 cm³/mol. The van der Waals surface area contributed by atoms with E-state index in [9.17, 15) is 18.0 Å². The Bertz CT molecular complexity index is 682. The predicted octanol–water partition coefficient (Wildman–Crippen LogP) is 3.67. The van der Waals surface area contributed by atoms with E-state index in [1.165, 1.54) is 7.11 Å². The number of hydrogen-bond acceptors (Lipinski definition) is 3. The van der Waals surface area contributed by atoms with Gasteiger partial charge in [-0.25, -0.2) is 0 Å². The average Bonchev–Trinajstić information content (AvgIpc) is 2.46. The molecule has 2 rings (SSSR count). The zero-order valence-electron chi connectivity index (χ0n) is 11.9. The highest BCUT2D eigenvalue weighted by molar-refractivity contribution is 6.04. The second kappa shape index (κ2) is 6.05. The normalized spacial score (nSPS) is 11.1. The van der Waals surface area contributed by atoms with Crippen molar-refractivity contribution in [1.82, 2.24) is 4.98 Å². The van der Waals surface area contributed by atoms with Crippen molar-refractivity contribution in [2.24, 2.45) is 0 Å². The summed E-state index contributed by atoms with van der Waals surface area (Å²) in [6.07, 6.45) is -3.64. The summed E-state index contributed by atoms with van der Waals surface area (Å²) in [6, 6.07) is 7.05. The quantitative estimate of drug-likeness (QED) is 0.941. The lowest BCUT2D eigenvalue weighted by Crippen LogP contribution is -2.14. The minimum atomic E-state index is -4.53. The number of rotatable bonds is 3. The number of pyridine rings is 1. The van der Waals surface area contributed by atoms with Gasteiger partial charge in [0.25, 0.3) is 5.91 Å². The highest BCUT2D eigenvalue weighted by atomic mass is 19.4. The first kappa shape index (κ1) is 15.8. The summed E-state index contributed by atoms with van der Waals surface area (Å²) in [5.41, 5.74) is 0.322. The van der Waals surface area contributed by atoms with Gasteiger partial charge in [0.15, 0.2) is 0 Å². The summed E-state index contributed by atoms with van der Waals surface area (Å²) >= 11 is 0. The molecule has 1 N–H and O–H groups in total. The summed E-state index contributed by atoms with van der Waals surface area (Å²) in [5, 5.41) is 2.59. The van der Waals surface area contributed by atoms with Crippen LogP contribution in [-0.4, -0.2) is 18.0 Å². The van der Waals surface area contributed by atoms with Crippen molar-refractivity contribution in [2.75, 3.05) is 12.4 Å². The highest BCUT2D eigenvalue weighted by Crippen LogP contribution is 2.28. The Morgan fingerprint density at radius 2 is 1.95 bits per heavy atom. The first-order valence-electron chi connectivity index (χ1n) is 6.30. The van der Waals surface area contributed by atoms with Crippen LogP contribution in [0.1, 0.15) is 21.6 Å². The van der Waals surface area contributed by atoms with Gasteiger partial charge in [-0.15, -0.1) is 0 Å². The van der Waals surface area contributed by atoms with E-state index in [0.29, 0.717) is 11.4 Å². The van der Waals surface area contributed by atoms with Gasteiger partial charge in [-0.05, 0) is 36.8 Å². The van der Waals surface area contributed by atoms with Gasteiger partial charge in [0, 0.05) is 6.20 Å². The monoisotopic (exact) mass is 310 g/mol. The van der Waals surface area contributed by atoms with Crippen LogP contribution in [-0.2, 0) is 6.18 Å². The topological polar surface area (TPSA) is 51.2 Å². The van der Waals surface area contributed by atoms with Crippen LogP contribution in [0.15, 0.2) is 36.5 Å². The van der Waals surface area contributed by atoms with E-state index in [4.69, 9.17) is 4.74 Å². The second-order valence-electron chi connectivity index (χ2n) is 4.59. The number of ether oxygens (including phenoxy) is 1. The van der Waals surface area contributed by atoms with Crippen molar-refractivity contribution in [1.29, 1.82) is 0 Å². The molecule has 4 nitrogen and oxygen atoms in total. The zero-order valence-corrected chi connectivity index (χ0v) is 11.9. The van der Waals surface area contributed by atoms with Crippen LogP contribution < -0.4 is 10.1 Å². The maximum Gasteiger partial charge on any atom is 0.433 e. The minimum absolute atomic E-state index is 0.0246. The first-order chi connectivity index (χ1) is 10.3. The summed E-state index contributed by atoms with van der Waals surface area (Å²) < 4.78 is 42.4. The minimum Gasteiger partial charge on any atom is -0.495 e. The standard InChI is InChI=1S/C15H13F3N2O2/c1-9-3-5-12(22-2)11(7-9)20-14(21)10-4-6-13(19-8-10)15(16,17)18/h3-8H,1-2H3,(H,20,21). The van der Waals surface area contributed by atoms with E-state index in [0.717, 1.165) is 23.9 Å². The van der Waals surface area contributed by atoms with Gasteiger partial charge in [-0.2, -0.15) is 13.2 Å². The first-order valence-corrected chi connectivity index (χ1v) is 6.30. The lowest BCUT2D eigenvalue weighted by atomic mass is 10.2. The number of carbonyl (C=O) groups excluding carboxylic acids is 1. The van der Waals surface area contributed by atoms with Gasteiger partial charge < -0.3 is 10.1 Å². The SMILES string of the molecule is COc1ccc(C)cc1NC(=O)c1ccc(C(F)(F)F)nc1. The third kappa shape index (κ3) is 3.55. The fourth-order valence-electron chi connectivity index (χ4n) is 1.81. The van der Waals surface area contributed by atoms with Crippen molar-refractivity contribution in [3.05, 3.63) is 53.3 Å². The van der Waals surface area contributed by atoms with E-state index in [1.807, 2.05) is 13.0 Å². The van der Waals surface area contributed by atoms with Gasteiger partial charge in [0.05, 0.1) is 18.4 Å². The fraction of sp³-hybridized carbons (Fsp3) is 0.200. The number of amides is 1. The molecule has 7 heteroatoms. The average molecular weight is 310 g/mol. The molecule has 0 fully saturated rings. The Labute approximate surface area is 124 Å². The molecule has 0 atom stereocenters. The molecule has 0 spiro atoms. The van der Waals surface area contributed by atoms with E-state index in [1.54, 1.807) is 12.1 Å². The number of halogens is 3. The van der Waals surface area contributed by atoms with Gasteiger partial charge in [0.2, 0.25) is 0 Å². The number of hydrogen-bond donors (Lipinski definition) is 1. The molecule has 2 aromatic rings. The van der Waals surface area contributed by atoms with E-state index in [-0.39, 0.29) is 5.56 Å². The molecule has 0 radical (unpaired) electrons. The summed E-state index contributed by atoms with van der Waals surface area (Å²) in [5.74, 6) is -0.107. The lowest BCUT2D eigenvalue weighted by Gasteiger charge is -2.11. The second-order valence-corrected chi connectivity index (χ2v) is 4.59. The number of nitrogens with zero attached hydrogens (tertiary/aromatic N) is 1. The number of nitrogens with one attached hydrogen (secondary N) is 1. The number of benzene rings is 1. The molecule has 0 unspecified atom stereocenters. The zero-order chi connectivity index (χ0) is 16.3. The van der Waals surface area contributed by atoms with Crippen LogP contribution in [0.4, 0.5) is 18.9 Å². The van der Waals surface area contributed by atoms with E-state index in [2.05, 4.69) is 10.3 Å². The Balaban J connectivity index is 2.21. The van der Waals surface area contributed by atoms with Crippen molar-refractivity contribution >= 4 is 11.6 Å². The van der Waals surface area contributed by atoms with Crippen molar-refractivity contribution in [3.8, 4) is 5.75 Å². The molecule has 1 heterocycles. The van der Waals surface area contributed by atoms with Crippen LogP contribution in [0.3, 0.4) is 0 Å². The molecule has 1 aromatic carbocycles. The number of anilines is 1. The van der Waals surface area contributed by atoms with Crippen LogP contribution >= 0.6 is 0 Å². The highest BCUT2D eigenvalue weighted by Gasteiger charge is 2.32. The molecule has 0 aliphatic heterocycles. The Kier molecular flexibility index (Phi) is 4.35. The number of aryl methyl sites for hydroxylation is 1. The number of alkyl halides is 3. The van der Waals surface area contributed by atoms with Crippen LogP contribution in [0.5, 0.6) is 5.75 Å². The number of aromatic nitrogens is 1. The van der Waals surface area contributed by atoms with E-state index >= 15 is 0 Å². The van der Waals surface area contributed by atoms with Crippen molar-refractivity contribution in [3.63, 3.8) is 0 Å². The maximum atomic E-state index is 12.4. The maximum absolute atomic E-state index is 12.4. The molecule has 1 aromatic heterocycles. The smallest absolute Gasteiger partial charge is 0.433 e. The van der Waals surface area contributed by atoms with Crippen molar-refractivity contribution in [2.45, 2.75) is 13.1 Å². The van der Waals surface area contributed by atoms with Gasteiger partial charge in [-0.3, -0.25) is 9.78 Å². The third-order valence-electron chi connectivity index (χ3n) is 2.92. The van der Waals surface area contributed by atoms with Gasteiger partial charge in [-0.1, -0.05) is 6.07 Å². The van der Waals surface area contributed by atoms with Gasteiger partial charge in [0.1, 0.15) is 11.4 Å². The Morgan fingerprint density at radius 1 is 1.23 bits per heavy atom. The molecule has 0 bridgehead atoms. The Hall–Kier alpha value is -2.57. The van der Waals surface area contributed by atoms with Crippen molar-refractivity contribution < 1.29 is 22.7 Å². The summed E-state index contributed by atoms with van der Waals surface area (Å²) in [4.78, 5) is 15.3. The summed E-state index contributed by atoms with van der Waals surface area (Å²) in [6.45, 7) is 1.84. The molecule has 22 heavy (non-hydrogen) atoms. The Morgan fingerprint density at radius 3 is 2.50 bits per heavy atom. The lowest BCUT2D eigenvalue weighted by molar-refractivity contribution is -0.141. The van der Waals surface area contributed by atoms with Crippen LogP contribution in [0.25, 0.3) is 0 Å². The molecule has 0 aliphatic carbocycles. The fourth-order valence-corrected chi connectivity index (χ4v) is 1.81. The van der Waals surface area contributed by atoms with Crippen LogP contribution in [0.2, 0.25) is 0 Å². The molecule has 1 amide bonds.